The number of piperidine rings is 1. The topological polar surface area (TPSA) is 51.1 Å². The lowest BCUT2D eigenvalue weighted by Gasteiger charge is -2.27. The van der Waals surface area contributed by atoms with Crippen LogP contribution in [0.2, 0.25) is 0 Å². The highest BCUT2D eigenvalue weighted by molar-refractivity contribution is 8.18. The second-order valence-corrected chi connectivity index (χ2v) is 6.66. The first kappa shape index (κ1) is 17.7. The van der Waals surface area contributed by atoms with Crippen molar-refractivity contribution in [3.05, 3.63) is 28.7 Å². The molecule has 1 aromatic carbocycles. The number of rotatable bonds is 4. The van der Waals surface area contributed by atoms with Gasteiger partial charge in [0.15, 0.2) is 16.7 Å². The Hall–Kier alpha value is -2.09. The molecule has 1 aromatic rings. The Morgan fingerprint density at radius 2 is 2.00 bits per heavy atom. The Kier molecular flexibility index (Phi) is 5.57. The number of amidine groups is 1. The predicted octanol–water partition coefficient (Wildman–Crippen LogP) is 3.75. The lowest BCUT2D eigenvalue weighted by atomic mass is 10.1. The molecule has 0 atom stereocenters. The number of halogens is 2. The van der Waals surface area contributed by atoms with Gasteiger partial charge in [0.05, 0.1) is 12.0 Å². The zero-order valence-corrected chi connectivity index (χ0v) is 14.5. The van der Waals surface area contributed by atoms with Crippen LogP contribution in [0.5, 0.6) is 11.5 Å². The third-order valence-electron chi connectivity index (χ3n) is 3.94. The summed E-state index contributed by atoms with van der Waals surface area (Å²) >= 11 is 1.32. The fraction of sp³-hybridized carbons (Fsp3) is 0.412. The maximum Gasteiger partial charge on any atom is 0.387 e. The monoisotopic (exact) mass is 368 g/mol. The summed E-state index contributed by atoms with van der Waals surface area (Å²) in [6, 6.07) is 4.63. The molecule has 134 valence electrons. The molecule has 3 rings (SSSR count). The molecule has 2 heterocycles. The van der Waals surface area contributed by atoms with Crippen molar-refractivity contribution in [2.75, 3.05) is 20.2 Å². The molecule has 0 bridgehead atoms. The van der Waals surface area contributed by atoms with Crippen LogP contribution in [0, 0.1) is 0 Å². The summed E-state index contributed by atoms with van der Waals surface area (Å²) in [4.78, 5) is 18.8. The van der Waals surface area contributed by atoms with E-state index in [1.165, 1.54) is 37.4 Å². The second kappa shape index (κ2) is 7.86. The minimum absolute atomic E-state index is 0.0699. The number of hydrogen-bond donors (Lipinski definition) is 0. The number of benzene rings is 1. The zero-order chi connectivity index (χ0) is 17.8. The fourth-order valence-electron chi connectivity index (χ4n) is 2.74. The molecule has 2 aliphatic rings. The summed E-state index contributed by atoms with van der Waals surface area (Å²) < 4.78 is 34.5. The Morgan fingerprint density at radius 1 is 1.24 bits per heavy atom. The van der Waals surface area contributed by atoms with Gasteiger partial charge in [-0.1, -0.05) is 6.07 Å². The lowest BCUT2D eigenvalue weighted by Crippen LogP contribution is -2.33. The van der Waals surface area contributed by atoms with E-state index in [1.54, 1.807) is 12.1 Å². The number of hydrogen-bond acceptors (Lipinski definition) is 5. The van der Waals surface area contributed by atoms with Crippen LogP contribution in [-0.4, -0.2) is 42.8 Å². The van der Waals surface area contributed by atoms with E-state index in [0.717, 1.165) is 25.9 Å². The Labute approximate surface area is 148 Å². The second-order valence-electron chi connectivity index (χ2n) is 5.65. The van der Waals surface area contributed by atoms with Crippen LogP contribution in [0.25, 0.3) is 6.08 Å². The summed E-state index contributed by atoms with van der Waals surface area (Å²) in [6.07, 6.45) is 5.02. The maximum absolute atomic E-state index is 12.5. The van der Waals surface area contributed by atoms with Crippen molar-refractivity contribution in [2.24, 2.45) is 4.99 Å². The van der Waals surface area contributed by atoms with Crippen molar-refractivity contribution in [1.82, 2.24) is 4.90 Å². The van der Waals surface area contributed by atoms with Gasteiger partial charge in [-0.15, -0.1) is 0 Å². The van der Waals surface area contributed by atoms with E-state index in [0.29, 0.717) is 15.6 Å². The highest BCUT2D eigenvalue weighted by Gasteiger charge is 2.27. The predicted molar refractivity (Wildman–Crippen MR) is 93.1 cm³/mol. The molecule has 2 aliphatic heterocycles. The van der Waals surface area contributed by atoms with Gasteiger partial charge >= 0.3 is 6.61 Å². The smallest absolute Gasteiger partial charge is 0.387 e. The minimum atomic E-state index is -2.95. The van der Waals surface area contributed by atoms with Crippen LogP contribution in [-0.2, 0) is 4.79 Å². The molecule has 0 spiro atoms. The molecule has 0 N–H and O–H groups in total. The molecule has 0 radical (unpaired) electrons. The average Bonchev–Trinajstić information content (AvgIpc) is 2.96. The summed E-state index contributed by atoms with van der Waals surface area (Å²) in [6.45, 7) is -1.14. The molecule has 1 fully saturated rings. The number of likely N-dealkylation sites (tertiary alicyclic amines) is 1. The molecule has 0 aromatic heterocycles. The van der Waals surface area contributed by atoms with Crippen molar-refractivity contribution in [3.8, 4) is 11.5 Å². The van der Waals surface area contributed by atoms with Gasteiger partial charge in [0, 0.05) is 13.1 Å². The Morgan fingerprint density at radius 3 is 2.68 bits per heavy atom. The number of carbonyl (C=O) groups excluding carboxylic acids is 1. The number of methoxy groups -OCH3 is 1. The van der Waals surface area contributed by atoms with Crippen molar-refractivity contribution in [1.29, 1.82) is 0 Å². The number of thioether (sulfide) groups is 1. The first-order valence-electron chi connectivity index (χ1n) is 7.97. The third kappa shape index (κ3) is 4.31. The number of ether oxygens (including phenoxy) is 2. The molecule has 5 nitrogen and oxygen atoms in total. The van der Waals surface area contributed by atoms with Crippen LogP contribution in [0.3, 0.4) is 0 Å². The van der Waals surface area contributed by atoms with E-state index in [9.17, 15) is 13.6 Å². The van der Waals surface area contributed by atoms with Gasteiger partial charge in [0.2, 0.25) is 0 Å². The highest BCUT2D eigenvalue weighted by Crippen LogP contribution is 2.34. The minimum Gasteiger partial charge on any atom is -0.493 e. The quantitative estimate of drug-likeness (QED) is 0.758. The molecule has 0 unspecified atom stereocenters. The van der Waals surface area contributed by atoms with Crippen molar-refractivity contribution in [3.63, 3.8) is 0 Å². The molecule has 1 saturated heterocycles. The van der Waals surface area contributed by atoms with Crippen LogP contribution in [0.1, 0.15) is 24.8 Å². The van der Waals surface area contributed by atoms with E-state index < -0.39 is 6.61 Å². The zero-order valence-electron chi connectivity index (χ0n) is 13.7. The van der Waals surface area contributed by atoms with Gasteiger partial charge in [0.1, 0.15) is 0 Å². The van der Waals surface area contributed by atoms with E-state index in [1.807, 2.05) is 0 Å². The van der Waals surface area contributed by atoms with Crippen molar-refractivity contribution >= 4 is 28.9 Å². The van der Waals surface area contributed by atoms with E-state index in [4.69, 9.17) is 4.74 Å². The van der Waals surface area contributed by atoms with Crippen LogP contribution in [0.4, 0.5) is 8.78 Å². The summed E-state index contributed by atoms with van der Waals surface area (Å²) in [7, 11) is 1.38. The summed E-state index contributed by atoms with van der Waals surface area (Å²) in [5.41, 5.74) is 0.572. The van der Waals surface area contributed by atoms with Gasteiger partial charge < -0.3 is 14.4 Å². The first-order chi connectivity index (χ1) is 12.1. The van der Waals surface area contributed by atoms with Gasteiger partial charge in [-0.25, -0.2) is 0 Å². The number of carbonyl (C=O) groups is 1. The molecule has 0 saturated carbocycles. The van der Waals surface area contributed by atoms with Crippen LogP contribution < -0.4 is 9.47 Å². The van der Waals surface area contributed by atoms with E-state index >= 15 is 0 Å². The molecular weight excluding hydrogens is 350 g/mol. The molecule has 25 heavy (non-hydrogen) atoms. The normalized spacial score (nSPS) is 19.5. The van der Waals surface area contributed by atoms with Crippen molar-refractivity contribution in [2.45, 2.75) is 25.9 Å². The highest BCUT2D eigenvalue weighted by atomic mass is 32.2. The van der Waals surface area contributed by atoms with Gasteiger partial charge in [-0.3, -0.25) is 4.79 Å². The molecule has 8 heteroatoms. The van der Waals surface area contributed by atoms with Crippen LogP contribution >= 0.6 is 11.8 Å². The van der Waals surface area contributed by atoms with E-state index in [2.05, 4.69) is 14.6 Å². The first-order valence-corrected chi connectivity index (χ1v) is 8.79. The molecular formula is C17H18F2N2O3S. The lowest BCUT2D eigenvalue weighted by molar-refractivity contribution is -0.113. The summed E-state index contributed by atoms with van der Waals surface area (Å²) in [5.74, 6) is -0.171. The van der Waals surface area contributed by atoms with Gasteiger partial charge in [-0.05, 0) is 54.8 Å². The third-order valence-corrected chi connectivity index (χ3v) is 4.98. The largest absolute Gasteiger partial charge is 0.493 e. The van der Waals surface area contributed by atoms with Gasteiger partial charge in [0.25, 0.3) is 5.91 Å². The fourth-order valence-corrected chi connectivity index (χ4v) is 3.71. The van der Waals surface area contributed by atoms with Gasteiger partial charge in [-0.2, -0.15) is 13.8 Å². The summed E-state index contributed by atoms with van der Waals surface area (Å²) in [5, 5.41) is 0.716. The molecule has 1 amide bonds. The number of aliphatic imine (C=N–C) groups is 1. The number of nitrogens with zero attached hydrogens (tertiary/aromatic N) is 2. The van der Waals surface area contributed by atoms with Crippen molar-refractivity contribution < 1.29 is 23.0 Å². The standard InChI is InChI=1S/C17H18F2N2O3S/c1-23-12-6-5-11(9-13(12)24-16(18)19)10-14-15(22)20-17(25-14)21-7-3-2-4-8-21/h5-6,9-10,16H,2-4,7-8H2,1H3/b14-10-. The Bertz CT molecular complexity index is 716. The maximum atomic E-state index is 12.5. The number of amides is 1. The van der Waals surface area contributed by atoms with E-state index in [-0.39, 0.29) is 17.4 Å². The molecule has 0 aliphatic carbocycles. The SMILES string of the molecule is COc1ccc(/C=C2\SC(N3CCCCC3)=NC2=O)cc1OC(F)F. The van der Waals surface area contributed by atoms with Crippen LogP contribution in [0.15, 0.2) is 28.1 Å². The number of alkyl halides is 2. The average molecular weight is 368 g/mol. The Balaban J connectivity index is 1.78.